The minimum atomic E-state index is -0.491. The Bertz CT molecular complexity index is 613. The number of rotatable bonds is 5. The molecule has 1 saturated heterocycles. The fourth-order valence-corrected chi connectivity index (χ4v) is 2.21. The number of amides is 2. The highest BCUT2D eigenvalue weighted by Gasteiger charge is 2.29. The highest BCUT2D eigenvalue weighted by atomic mass is 16.5. The Hall–Kier alpha value is -2.19. The lowest BCUT2D eigenvalue weighted by molar-refractivity contribution is -0.138. The first-order valence-corrected chi connectivity index (χ1v) is 7.37. The van der Waals surface area contributed by atoms with E-state index in [-0.39, 0.29) is 30.8 Å². The molecule has 2 N–H and O–H groups in total. The first-order chi connectivity index (χ1) is 11.0. The number of aromatic amines is 1. The van der Waals surface area contributed by atoms with Crippen molar-refractivity contribution in [3.63, 3.8) is 0 Å². The topological polar surface area (TPSA) is 101 Å². The molecule has 0 spiro atoms. The zero-order valence-electron chi connectivity index (χ0n) is 13.2. The van der Waals surface area contributed by atoms with Crippen molar-refractivity contribution in [2.24, 2.45) is 0 Å². The first kappa shape index (κ1) is 17.2. The minimum absolute atomic E-state index is 0.0289. The number of carbonyl (C=O) groups excluding carboxylic acids is 2. The zero-order valence-corrected chi connectivity index (χ0v) is 13.2. The number of nitrogens with zero attached hydrogens (tertiary/aromatic N) is 1. The van der Waals surface area contributed by atoms with Gasteiger partial charge in [0, 0.05) is 26.9 Å². The predicted molar refractivity (Wildman–Crippen MR) is 82.2 cm³/mol. The SMILES string of the molecule is CN(C)C(=O)CO[C@H]1CCOC[C@H]1NC(=O)c1ccc[nH]c1=O. The van der Waals surface area contributed by atoms with Crippen LogP contribution in [0.5, 0.6) is 0 Å². The van der Waals surface area contributed by atoms with Gasteiger partial charge in [0.25, 0.3) is 11.5 Å². The largest absolute Gasteiger partial charge is 0.379 e. The van der Waals surface area contributed by atoms with E-state index >= 15 is 0 Å². The highest BCUT2D eigenvalue weighted by Crippen LogP contribution is 2.12. The van der Waals surface area contributed by atoms with E-state index in [1.807, 2.05) is 0 Å². The fraction of sp³-hybridized carbons (Fsp3) is 0.533. The molecule has 1 aromatic heterocycles. The van der Waals surface area contributed by atoms with Gasteiger partial charge in [0.05, 0.1) is 18.8 Å². The summed E-state index contributed by atoms with van der Waals surface area (Å²) in [5.41, 5.74) is -0.428. The van der Waals surface area contributed by atoms with Crippen LogP contribution in [0.2, 0.25) is 0 Å². The van der Waals surface area contributed by atoms with Crippen LogP contribution in [0.1, 0.15) is 16.8 Å². The maximum atomic E-state index is 12.2. The van der Waals surface area contributed by atoms with Gasteiger partial charge in [0.1, 0.15) is 12.2 Å². The molecule has 8 heteroatoms. The number of ether oxygens (including phenoxy) is 2. The molecule has 1 fully saturated rings. The van der Waals surface area contributed by atoms with E-state index in [2.05, 4.69) is 10.3 Å². The number of nitrogens with one attached hydrogen (secondary N) is 2. The summed E-state index contributed by atoms with van der Waals surface area (Å²) in [7, 11) is 3.30. The van der Waals surface area contributed by atoms with Gasteiger partial charge in [-0.1, -0.05) is 0 Å². The normalized spacial score (nSPS) is 20.8. The Labute approximate surface area is 133 Å². The molecule has 0 aliphatic carbocycles. The maximum Gasteiger partial charge on any atom is 0.260 e. The summed E-state index contributed by atoms with van der Waals surface area (Å²) in [5, 5.41) is 2.75. The standard InChI is InChI=1S/C15H21N3O5/c1-18(2)13(19)9-23-12-5-7-22-8-11(12)17-15(21)10-4-3-6-16-14(10)20/h3-4,6,11-12H,5,7-9H2,1-2H3,(H,16,20)(H,17,21)/t11-,12+/m1/s1. The number of hydrogen-bond donors (Lipinski definition) is 2. The number of likely N-dealkylation sites (N-methyl/N-ethyl adjacent to an activating group) is 1. The van der Waals surface area contributed by atoms with Gasteiger partial charge in [-0.2, -0.15) is 0 Å². The van der Waals surface area contributed by atoms with Crippen molar-refractivity contribution in [1.29, 1.82) is 0 Å². The number of hydrogen-bond acceptors (Lipinski definition) is 5. The minimum Gasteiger partial charge on any atom is -0.379 e. The average molecular weight is 323 g/mol. The summed E-state index contributed by atoms with van der Waals surface area (Å²) in [5.74, 6) is -0.643. The highest BCUT2D eigenvalue weighted by molar-refractivity contribution is 5.94. The molecular weight excluding hydrogens is 302 g/mol. The molecule has 2 rings (SSSR count). The third-order valence-electron chi connectivity index (χ3n) is 3.59. The molecule has 1 aromatic rings. The molecule has 2 heterocycles. The summed E-state index contributed by atoms with van der Waals surface area (Å²) in [4.78, 5) is 39.4. The quantitative estimate of drug-likeness (QED) is 0.751. The van der Waals surface area contributed by atoms with Gasteiger partial charge in [-0.05, 0) is 18.6 Å². The number of H-pyrrole nitrogens is 1. The Morgan fingerprint density at radius 2 is 2.26 bits per heavy atom. The van der Waals surface area contributed by atoms with Gasteiger partial charge in [-0.25, -0.2) is 0 Å². The lowest BCUT2D eigenvalue weighted by Crippen LogP contribution is -2.51. The van der Waals surface area contributed by atoms with Gasteiger partial charge >= 0.3 is 0 Å². The molecule has 23 heavy (non-hydrogen) atoms. The van der Waals surface area contributed by atoms with Crippen LogP contribution in [0, 0.1) is 0 Å². The average Bonchev–Trinajstić information content (AvgIpc) is 2.54. The molecule has 0 unspecified atom stereocenters. The van der Waals surface area contributed by atoms with Crippen LogP contribution in [0.4, 0.5) is 0 Å². The smallest absolute Gasteiger partial charge is 0.260 e. The van der Waals surface area contributed by atoms with Crippen molar-refractivity contribution in [2.75, 3.05) is 33.9 Å². The molecule has 0 aromatic carbocycles. The summed E-state index contributed by atoms with van der Waals surface area (Å²) in [6, 6.07) is 2.62. The Morgan fingerprint density at radius 1 is 1.48 bits per heavy atom. The van der Waals surface area contributed by atoms with E-state index in [1.54, 1.807) is 20.2 Å². The molecular formula is C15H21N3O5. The number of pyridine rings is 1. The van der Waals surface area contributed by atoms with Crippen LogP contribution >= 0.6 is 0 Å². The van der Waals surface area contributed by atoms with Gasteiger partial charge in [0.2, 0.25) is 5.91 Å². The molecule has 0 saturated carbocycles. The molecule has 0 radical (unpaired) electrons. The van der Waals surface area contributed by atoms with Crippen molar-refractivity contribution < 1.29 is 19.1 Å². The monoisotopic (exact) mass is 323 g/mol. The van der Waals surface area contributed by atoms with Crippen molar-refractivity contribution >= 4 is 11.8 Å². The number of aromatic nitrogens is 1. The van der Waals surface area contributed by atoms with Crippen LogP contribution in [-0.4, -0.2) is 67.8 Å². The zero-order chi connectivity index (χ0) is 16.8. The van der Waals surface area contributed by atoms with E-state index < -0.39 is 17.5 Å². The van der Waals surface area contributed by atoms with E-state index in [0.717, 1.165) is 0 Å². The molecule has 1 aliphatic heterocycles. The van der Waals surface area contributed by atoms with Crippen molar-refractivity contribution in [2.45, 2.75) is 18.6 Å². The molecule has 2 amide bonds. The van der Waals surface area contributed by atoms with Gasteiger partial charge in [-0.3, -0.25) is 14.4 Å². The van der Waals surface area contributed by atoms with Crippen molar-refractivity contribution in [3.05, 3.63) is 34.2 Å². The third kappa shape index (κ3) is 4.64. The van der Waals surface area contributed by atoms with Gasteiger partial charge < -0.3 is 24.7 Å². The van der Waals surface area contributed by atoms with Crippen LogP contribution in [0.3, 0.4) is 0 Å². The Morgan fingerprint density at radius 3 is 2.96 bits per heavy atom. The summed E-state index contributed by atoms with van der Waals surface area (Å²) in [6.07, 6.45) is 1.69. The Kier molecular flexibility index (Phi) is 5.89. The van der Waals surface area contributed by atoms with E-state index in [1.165, 1.54) is 17.2 Å². The van der Waals surface area contributed by atoms with E-state index in [4.69, 9.17) is 9.47 Å². The third-order valence-corrected chi connectivity index (χ3v) is 3.59. The van der Waals surface area contributed by atoms with E-state index in [9.17, 15) is 14.4 Å². The second-order valence-electron chi connectivity index (χ2n) is 5.49. The van der Waals surface area contributed by atoms with Crippen molar-refractivity contribution in [1.82, 2.24) is 15.2 Å². The second kappa shape index (κ2) is 7.89. The van der Waals surface area contributed by atoms with Crippen LogP contribution in [0.15, 0.2) is 23.1 Å². The predicted octanol–water partition coefficient (Wildman–Crippen LogP) is -0.633. The van der Waals surface area contributed by atoms with Crippen LogP contribution < -0.4 is 10.9 Å². The summed E-state index contributed by atoms with van der Waals surface area (Å²) in [6.45, 7) is 0.715. The summed E-state index contributed by atoms with van der Waals surface area (Å²) >= 11 is 0. The van der Waals surface area contributed by atoms with E-state index in [0.29, 0.717) is 13.0 Å². The maximum absolute atomic E-state index is 12.2. The van der Waals surface area contributed by atoms with Gasteiger partial charge in [-0.15, -0.1) is 0 Å². The second-order valence-corrected chi connectivity index (χ2v) is 5.49. The van der Waals surface area contributed by atoms with Crippen molar-refractivity contribution in [3.8, 4) is 0 Å². The number of carbonyl (C=O) groups is 2. The lowest BCUT2D eigenvalue weighted by Gasteiger charge is -2.32. The Balaban J connectivity index is 1.98. The van der Waals surface area contributed by atoms with Gasteiger partial charge in [0.15, 0.2) is 0 Å². The summed E-state index contributed by atoms with van der Waals surface area (Å²) < 4.78 is 11.0. The van der Waals surface area contributed by atoms with Crippen LogP contribution in [-0.2, 0) is 14.3 Å². The first-order valence-electron chi connectivity index (χ1n) is 7.37. The van der Waals surface area contributed by atoms with Crippen LogP contribution in [0.25, 0.3) is 0 Å². The fourth-order valence-electron chi connectivity index (χ4n) is 2.21. The molecule has 8 nitrogen and oxygen atoms in total. The molecule has 126 valence electrons. The molecule has 1 aliphatic rings. The lowest BCUT2D eigenvalue weighted by atomic mass is 10.1. The molecule has 0 bridgehead atoms. The molecule has 2 atom stereocenters.